The van der Waals surface area contributed by atoms with Crippen LogP contribution in [-0.2, 0) is 4.74 Å². The molecule has 0 saturated carbocycles. The molecule has 3 rings (SSSR count). The molecule has 0 aliphatic carbocycles. The highest BCUT2D eigenvalue weighted by Gasteiger charge is 2.41. The summed E-state index contributed by atoms with van der Waals surface area (Å²) < 4.78 is 11.0. The first-order chi connectivity index (χ1) is 8.22. The number of hydrogen-bond donors (Lipinski definition) is 2. The van der Waals surface area contributed by atoms with Crippen molar-refractivity contribution in [3.8, 4) is 11.8 Å². The first kappa shape index (κ1) is 10.2. The normalized spacial score (nSPS) is 20.2. The Labute approximate surface area is 99.1 Å². The topological polar surface area (TPSA) is 80.3 Å². The maximum Gasteiger partial charge on any atom is 0.145 e. The number of nitrogens with zero attached hydrogens (tertiary/aromatic N) is 1. The van der Waals surface area contributed by atoms with Crippen molar-refractivity contribution in [2.45, 2.75) is 0 Å². The van der Waals surface area contributed by atoms with Crippen molar-refractivity contribution in [3.63, 3.8) is 0 Å². The minimum atomic E-state index is 0.0538. The van der Waals surface area contributed by atoms with E-state index in [-0.39, 0.29) is 5.41 Å². The second-order valence-electron chi connectivity index (χ2n) is 4.69. The van der Waals surface area contributed by atoms with Gasteiger partial charge < -0.3 is 20.5 Å². The first-order valence-electron chi connectivity index (χ1n) is 5.50. The van der Waals surface area contributed by atoms with Crippen molar-refractivity contribution in [1.82, 2.24) is 0 Å². The highest BCUT2D eigenvalue weighted by molar-refractivity contribution is 5.76. The maximum absolute atomic E-state index is 8.89. The summed E-state index contributed by atoms with van der Waals surface area (Å²) in [6.07, 6.45) is 0. The largest absolute Gasteiger partial charge is 0.490 e. The first-order valence-corrected chi connectivity index (χ1v) is 5.50. The fourth-order valence-corrected chi connectivity index (χ4v) is 2.14. The van der Waals surface area contributed by atoms with Crippen LogP contribution in [0.2, 0.25) is 0 Å². The highest BCUT2D eigenvalue weighted by atomic mass is 16.5. The zero-order valence-corrected chi connectivity index (χ0v) is 9.32. The minimum absolute atomic E-state index is 0.0538. The molecule has 2 aliphatic rings. The van der Waals surface area contributed by atoms with Crippen molar-refractivity contribution in [2.75, 3.05) is 37.4 Å². The Morgan fingerprint density at radius 2 is 2.18 bits per heavy atom. The highest BCUT2D eigenvalue weighted by Crippen LogP contribution is 2.39. The lowest BCUT2D eigenvalue weighted by atomic mass is 9.87. The Bertz CT molecular complexity index is 503. The van der Waals surface area contributed by atoms with E-state index in [1.807, 2.05) is 0 Å². The average Bonchev–Trinajstić information content (AvgIpc) is 2.48. The van der Waals surface area contributed by atoms with E-state index in [1.165, 1.54) is 0 Å². The lowest BCUT2D eigenvalue weighted by molar-refractivity contribution is -0.121. The molecular formula is C12H13N3O2. The molecule has 0 radical (unpaired) electrons. The number of nitrogens with one attached hydrogen (secondary N) is 1. The summed E-state index contributed by atoms with van der Waals surface area (Å²) >= 11 is 0. The third-order valence-corrected chi connectivity index (χ3v) is 3.25. The molecule has 1 fully saturated rings. The van der Waals surface area contributed by atoms with E-state index in [9.17, 15) is 0 Å². The number of fused-ring (bicyclic) bond motifs is 1. The molecule has 1 saturated heterocycles. The molecule has 0 aromatic heterocycles. The fourth-order valence-electron chi connectivity index (χ4n) is 2.14. The molecule has 2 heterocycles. The number of rotatable bonds is 0. The van der Waals surface area contributed by atoms with Crippen LogP contribution in [0.3, 0.4) is 0 Å². The van der Waals surface area contributed by atoms with Gasteiger partial charge in [0.1, 0.15) is 18.0 Å². The zero-order valence-electron chi connectivity index (χ0n) is 9.32. The van der Waals surface area contributed by atoms with Crippen molar-refractivity contribution >= 4 is 11.4 Å². The molecule has 0 atom stereocenters. The molecule has 3 N–H and O–H groups in total. The maximum atomic E-state index is 8.89. The minimum Gasteiger partial charge on any atom is -0.490 e. The number of nitriles is 1. The molecule has 0 amide bonds. The van der Waals surface area contributed by atoms with E-state index in [0.29, 0.717) is 36.8 Å². The number of anilines is 2. The summed E-state index contributed by atoms with van der Waals surface area (Å²) in [6.45, 7) is 2.80. The Morgan fingerprint density at radius 1 is 1.35 bits per heavy atom. The molecule has 1 aromatic rings. The van der Waals surface area contributed by atoms with Gasteiger partial charge in [-0.05, 0) is 6.07 Å². The zero-order chi connectivity index (χ0) is 11.9. The number of nitrogen functional groups attached to an aromatic ring is 1. The Balaban J connectivity index is 1.96. The van der Waals surface area contributed by atoms with Gasteiger partial charge in [0.25, 0.3) is 0 Å². The summed E-state index contributed by atoms with van der Waals surface area (Å²) in [5.41, 5.74) is 7.82. The number of nitrogens with two attached hydrogens (primary N) is 1. The Kier molecular flexibility index (Phi) is 2.13. The molecule has 0 unspecified atom stereocenters. The molecule has 2 aliphatic heterocycles. The van der Waals surface area contributed by atoms with Crippen LogP contribution in [0, 0.1) is 16.7 Å². The van der Waals surface area contributed by atoms with Crippen LogP contribution in [0.1, 0.15) is 5.56 Å². The predicted molar refractivity (Wildman–Crippen MR) is 62.8 cm³/mol. The van der Waals surface area contributed by atoms with E-state index in [1.54, 1.807) is 12.1 Å². The quantitative estimate of drug-likeness (QED) is 0.650. The van der Waals surface area contributed by atoms with Gasteiger partial charge in [-0.3, -0.25) is 0 Å². The van der Waals surface area contributed by atoms with Crippen LogP contribution in [0.15, 0.2) is 12.1 Å². The van der Waals surface area contributed by atoms with Crippen LogP contribution in [0.5, 0.6) is 5.75 Å². The summed E-state index contributed by atoms with van der Waals surface area (Å²) in [6, 6.07) is 5.45. The van der Waals surface area contributed by atoms with Crippen LogP contribution >= 0.6 is 0 Å². The molecule has 0 bridgehead atoms. The van der Waals surface area contributed by atoms with Gasteiger partial charge in [0.2, 0.25) is 0 Å². The van der Waals surface area contributed by atoms with E-state index in [2.05, 4.69) is 11.4 Å². The molecule has 1 spiro atoms. The van der Waals surface area contributed by atoms with E-state index in [4.69, 9.17) is 20.5 Å². The van der Waals surface area contributed by atoms with Crippen LogP contribution in [0.25, 0.3) is 0 Å². The molecular weight excluding hydrogens is 218 g/mol. The molecule has 5 nitrogen and oxygen atoms in total. The summed E-state index contributed by atoms with van der Waals surface area (Å²) in [5.74, 6) is 0.658. The van der Waals surface area contributed by atoms with E-state index >= 15 is 0 Å². The van der Waals surface area contributed by atoms with Crippen molar-refractivity contribution in [2.24, 2.45) is 5.41 Å². The van der Waals surface area contributed by atoms with Gasteiger partial charge >= 0.3 is 0 Å². The third kappa shape index (κ3) is 1.58. The van der Waals surface area contributed by atoms with Gasteiger partial charge in [0.05, 0.1) is 35.9 Å². The second kappa shape index (κ2) is 3.54. The standard InChI is InChI=1S/C12H13N3O2/c13-3-8-1-9(14)11-10(2-8)17-7-12(4-15-11)5-16-6-12/h1-2,15H,4-7,14H2. The number of hydrogen-bond acceptors (Lipinski definition) is 5. The van der Waals surface area contributed by atoms with Gasteiger partial charge in [-0.25, -0.2) is 0 Å². The van der Waals surface area contributed by atoms with Crippen molar-refractivity contribution < 1.29 is 9.47 Å². The summed E-state index contributed by atoms with van der Waals surface area (Å²) in [5, 5.41) is 12.2. The smallest absolute Gasteiger partial charge is 0.145 e. The van der Waals surface area contributed by atoms with Crippen LogP contribution in [-0.4, -0.2) is 26.4 Å². The van der Waals surface area contributed by atoms with Gasteiger partial charge in [-0.2, -0.15) is 5.26 Å². The van der Waals surface area contributed by atoms with E-state index in [0.717, 1.165) is 12.2 Å². The predicted octanol–water partition coefficient (Wildman–Crippen LogP) is 0.961. The second-order valence-corrected chi connectivity index (χ2v) is 4.69. The molecule has 5 heteroatoms. The molecule has 88 valence electrons. The van der Waals surface area contributed by atoms with Crippen molar-refractivity contribution in [3.05, 3.63) is 17.7 Å². The number of benzene rings is 1. The lowest BCUT2D eigenvalue weighted by Crippen LogP contribution is -2.50. The van der Waals surface area contributed by atoms with Crippen LogP contribution in [0.4, 0.5) is 11.4 Å². The SMILES string of the molecule is N#Cc1cc(N)c2c(c1)OCC1(CN2)COC1. The van der Waals surface area contributed by atoms with Crippen LogP contribution < -0.4 is 15.8 Å². The third-order valence-electron chi connectivity index (χ3n) is 3.25. The Hall–Kier alpha value is -1.93. The monoisotopic (exact) mass is 231 g/mol. The lowest BCUT2D eigenvalue weighted by Gasteiger charge is -2.39. The Morgan fingerprint density at radius 3 is 2.82 bits per heavy atom. The summed E-state index contributed by atoms with van der Waals surface area (Å²) in [4.78, 5) is 0. The van der Waals surface area contributed by atoms with Gasteiger partial charge in [-0.1, -0.05) is 0 Å². The molecule has 17 heavy (non-hydrogen) atoms. The molecule has 1 aromatic carbocycles. The van der Waals surface area contributed by atoms with Gasteiger partial charge in [0, 0.05) is 12.6 Å². The fraction of sp³-hybridized carbons (Fsp3) is 0.417. The van der Waals surface area contributed by atoms with Gasteiger partial charge in [0.15, 0.2) is 0 Å². The van der Waals surface area contributed by atoms with Gasteiger partial charge in [-0.15, -0.1) is 0 Å². The summed E-state index contributed by atoms with van der Waals surface area (Å²) in [7, 11) is 0. The van der Waals surface area contributed by atoms with Crippen molar-refractivity contribution in [1.29, 1.82) is 5.26 Å². The average molecular weight is 231 g/mol. The van der Waals surface area contributed by atoms with E-state index < -0.39 is 0 Å². The number of ether oxygens (including phenoxy) is 2.